The van der Waals surface area contributed by atoms with Crippen LogP contribution < -0.4 is 5.32 Å². The highest BCUT2D eigenvalue weighted by Crippen LogP contribution is 2.33. The number of amides is 1. The number of carbonyl (C=O) groups is 2. The summed E-state index contributed by atoms with van der Waals surface area (Å²) in [4.78, 5) is 23.6. The molecule has 1 saturated carbocycles. The zero-order valence-corrected chi connectivity index (χ0v) is 12.4. The number of hydrogen-bond donors (Lipinski definition) is 2. The lowest BCUT2D eigenvalue weighted by Gasteiger charge is -2.17. The van der Waals surface area contributed by atoms with Gasteiger partial charge in [0.25, 0.3) is 0 Å². The highest BCUT2D eigenvalue weighted by atomic mass is 16.6. The Bertz CT molecular complexity index is 543. The van der Waals surface area contributed by atoms with Crippen molar-refractivity contribution in [1.82, 2.24) is 5.32 Å². The molecule has 22 heavy (non-hydrogen) atoms. The van der Waals surface area contributed by atoms with Crippen LogP contribution in [0, 0.1) is 5.92 Å². The van der Waals surface area contributed by atoms with Crippen molar-refractivity contribution < 1.29 is 19.4 Å². The summed E-state index contributed by atoms with van der Waals surface area (Å²) in [6, 6.07) is 0. The zero-order valence-electron chi connectivity index (χ0n) is 12.4. The lowest BCUT2D eigenvalue weighted by Crippen LogP contribution is -2.35. The molecule has 1 amide bonds. The Hall–Kier alpha value is -1.72. The number of allylic oxidation sites excluding steroid dienone is 3. The van der Waals surface area contributed by atoms with Gasteiger partial charge in [-0.05, 0) is 24.8 Å². The zero-order chi connectivity index (χ0) is 15.5. The Morgan fingerprint density at radius 2 is 2.05 bits per heavy atom. The second kappa shape index (κ2) is 6.58. The van der Waals surface area contributed by atoms with Crippen LogP contribution in [-0.4, -0.2) is 35.1 Å². The molecule has 1 aliphatic heterocycles. The van der Waals surface area contributed by atoms with Crippen LogP contribution >= 0.6 is 0 Å². The molecule has 0 radical (unpaired) electrons. The summed E-state index contributed by atoms with van der Waals surface area (Å²) in [5.74, 6) is -0.0304. The van der Waals surface area contributed by atoms with Crippen molar-refractivity contribution >= 4 is 11.7 Å². The monoisotopic (exact) mass is 303 g/mol. The van der Waals surface area contributed by atoms with Gasteiger partial charge in [0, 0.05) is 6.08 Å². The molecule has 0 aromatic carbocycles. The summed E-state index contributed by atoms with van der Waals surface area (Å²) in [7, 11) is 0. The van der Waals surface area contributed by atoms with Gasteiger partial charge in [-0.3, -0.25) is 9.59 Å². The summed E-state index contributed by atoms with van der Waals surface area (Å²) in [6.07, 6.45) is 12.9. The average Bonchev–Trinajstić information content (AvgIpc) is 3.31. The highest BCUT2D eigenvalue weighted by Gasteiger charge is 2.53. The van der Waals surface area contributed by atoms with Crippen LogP contribution in [0.5, 0.6) is 0 Å². The summed E-state index contributed by atoms with van der Waals surface area (Å²) in [5.41, 5.74) is 0.122. The summed E-state index contributed by atoms with van der Waals surface area (Å²) >= 11 is 0. The van der Waals surface area contributed by atoms with Crippen LogP contribution in [-0.2, 0) is 14.3 Å². The molecule has 1 saturated heterocycles. The molecule has 0 bridgehead atoms. The molecule has 2 fully saturated rings. The number of Topliss-reactive ketones (excluding diaryl/α,β-unsaturated/α-hetero) is 1. The number of aliphatic hydroxyl groups is 1. The second-order valence-electron chi connectivity index (χ2n) is 6.09. The topological polar surface area (TPSA) is 78.9 Å². The Kier molecular flexibility index (Phi) is 4.55. The van der Waals surface area contributed by atoms with Gasteiger partial charge >= 0.3 is 0 Å². The molecule has 3 rings (SSSR count). The van der Waals surface area contributed by atoms with E-state index in [9.17, 15) is 14.7 Å². The van der Waals surface area contributed by atoms with Gasteiger partial charge in [0.2, 0.25) is 11.7 Å². The molecule has 0 aromatic rings. The maximum absolute atomic E-state index is 11.8. The first-order valence-electron chi connectivity index (χ1n) is 7.90. The van der Waals surface area contributed by atoms with Gasteiger partial charge in [-0.1, -0.05) is 37.5 Å². The van der Waals surface area contributed by atoms with Crippen LogP contribution in [0.15, 0.2) is 36.1 Å². The molecular formula is C17H21NO4. The number of nitrogens with one attached hydrogen (secondary N) is 1. The van der Waals surface area contributed by atoms with Crippen LogP contribution in [0.4, 0.5) is 0 Å². The Balaban J connectivity index is 1.48. The van der Waals surface area contributed by atoms with E-state index in [4.69, 9.17) is 4.74 Å². The van der Waals surface area contributed by atoms with Crippen LogP contribution in [0.1, 0.15) is 32.1 Å². The van der Waals surface area contributed by atoms with E-state index >= 15 is 0 Å². The van der Waals surface area contributed by atoms with Crippen LogP contribution in [0.3, 0.4) is 0 Å². The van der Waals surface area contributed by atoms with Gasteiger partial charge in [0.05, 0.1) is 5.70 Å². The summed E-state index contributed by atoms with van der Waals surface area (Å²) in [5, 5.41) is 12.2. The molecule has 5 heteroatoms. The maximum atomic E-state index is 11.8. The lowest BCUT2D eigenvalue weighted by molar-refractivity contribution is -0.121. The standard InChI is InChI=1S/C17H21NO4/c19-13-10-12(15(21)17-16(13)22-17)18-14(20)9-5-4-8-11-6-2-1-3-7-11/h4-5,8-11,13,16-17,19H,1-3,6-7H2,(H,18,20)/b8-4+,9-5+/t13-,16+,17-/m1/s1. The van der Waals surface area contributed by atoms with Crippen LogP contribution in [0.2, 0.25) is 0 Å². The number of epoxide rings is 1. The highest BCUT2D eigenvalue weighted by molar-refractivity contribution is 6.06. The van der Waals surface area contributed by atoms with Gasteiger partial charge in [-0.2, -0.15) is 0 Å². The number of rotatable bonds is 4. The first-order chi connectivity index (χ1) is 10.6. The third-order valence-corrected chi connectivity index (χ3v) is 4.37. The molecular weight excluding hydrogens is 282 g/mol. The number of ether oxygens (including phenoxy) is 1. The number of fused-ring (bicyclic) bond motifs is 1. The summed E-state index contributed by atoms with van der Waals surface area (Å²) in [6.45, 7) is 0. The van der Waals surface area contributed by atoms with Crippen molar-refractivity contribution in [1.29, 1.82) is 0 Å². The van der Waals surface area contributed by atoms with Crippen molar-refractivity contribution in [2.45, 2.75) is 50.4 Å². The molecule has 5 nitrogen and oxygen atoms in total. The minimum absolute atomic E-state index is 0.122. The van der Waals surface area contributed by atoms with Crippen molar-refractivity contribution in [3.8, 4) is 0 Å². The van der Waals surface area contributed by atoms with Crippen molar-refractivity contribution in [2.75, 3.05) is 0 Å². The lowest BCUT2D eigenvalue weighted by atomic mass is 9.89. The molecule has 2 N–H and O–H groups in total. The minimum atomic E-state index is -0.826. The van der Waals surface area contributed by atoms with Gasteiger partial charge in [-0.25, -0.2) is 0 Å². The molecule has 0 unspecified atom stereocenters. The molecule has 2 aliphatic carbocycles. The van der Waals surface area contributed by atoms with Crippen molar-refractivity contribution in [2.24, 2.45) is 5.92 Å². The predicted molar refractivity (Wildman–Crippen MR) is 80.8 cm³/mol. The van der Waals surface area contributed by atoms with Crippen LogP contribution in [0.25, 0.3) is 0 Å². The molecule has 3 atom stereocenters. The predicted octanol–water partition coefficient (Wildman–Crippen LogP) is 1.39. The number of hydrogen-bond acceptors (Lipinski definition) is 4. The van der Waals surface area contributed by atoms with Crippen molar-refractivity contribution in [3.63, 3.8) is 0 Å². The van der Waals surface area contributed by atoms with E-state index in [1.54, 1.807) is 6.08 Å². The Morgan fingerprint density at radius 3 is 2.82 bits per heavy atom. The van der Waals surface area contributed by atoms with Gasteiger partial charge < -0.3 is 15.2 Å². The summed E-state index contributed by atoms with van der Waals surface area (Å²) < 4.78 is 5.05. The maximum Gasteiger partial charge on any atom is 0.248 e. The Morgan fingerprint density at radius 1 is 1.27 bits per heavy atom. The molecule has 0 aromatic heterocycles. The van der Waals surface area contributed by atoms with E-state index in [-0.39, 0.29) is 17.4 Å². The third kappa shape index (κ3) is 3.54. The molecule has 1 heterocycles. The smallest absolute Gasteiger partial charge is 0.248 e. The number of ketones is 1. The van der Waals surface area contributed by atoms with E-state index in [0.29, 0.717) is 5.92 Å². The van der Waals surface area contributed by atoms with E-state index < -0.39 is 18.3 Å². The quantitative estimate of drug-likeness (QED) is 0.467. The largest absolute Gasteiger partial charge is 0.386 e. The fourth-order valence-electron chi connectivity index (χ4n) is 3.06. The molecule has 118 valence electrons. The normalized spacial score (nSPS) is 32.1. The fourth-order valence-corrected chi connectivity index (χ4v) is 3.06. The number of aliphatic hydroxyl groups excluding tert-OH is 1. The fraction of sp³-hybridized carbons (Fsp3) is 0.529. The van der Waals surface area contributed by atoms with E-state index in [1.165, 1.54) is 44.3 Å². The first-order valence-corrected chi connectivity index (χ1v) is 7.90. The van der Waals surface area contributed by atoms with E-state index in [0.717, 1.165) is 0 Å². The average molecular weight is 303 g/mol. The Labute approximate surface area is 129 Å². The number of carbonyl (C=O) groups excluding carboxylic acids is 2. The van der Waals surface area contributed by atoms with Gasteiger partial charge in [0.15, 0.2) is 6.10 Å². The SMILES string of the molecule is O=C(/C=C/C=C/C1CCCCC1)NC1=C[C@@H](O)[C@@H]2O[C@@H]2C1=O. The van der Waals surface area contributed by atoms with E-state index in [2.05, 4.69) is 11.4 Å². The first kappa shape index (κ1) is 15.2. The van der Waals surface area contributed by atoms with E-state index in [1.807, 2.05) is 6.08 Å². The minimum Gasteiger partial charge on any atom is -0.386 e. The van der Waals surface area contributed by atoms with Gasteiger partial charge in [0.1, 0.15) is 12.2 Å². The molecule has 0 spiro atoms. The van der Waals surface area contributed by atoms with Gasteiger partial charge in [-0.15, -0.1) is 0 Å². The third-order valence-electron chi connectivity index (χ3n) is 4.37. The molecule has 3 aliphatic rings. The second-order valence-corrected chi connectivity index (χ2v) is 6.09. The van der Waals surface area contributed by atoms with Crippen molar-refractivity contribution in [3.05, 3.63) is 36.1 Å².